The van der Waals surface area contributed by atoms with Crippen LogP contribution < -0.4 is 5.32 Å². The molecule has 1 saturated heterocycles. The van der Waals surface area contributed by atoms with Crippen molar-refractivity contribution >= 4 is 10.0 Å². The van der Waals surface area contributed by atoms with Gasteiger partial charge in [0.15, 0.2) is 0 Å². The molecule has 0 aromatic rings. The van der Waals surface area contributed by atoms with Crippen molar-refractivity contribution in [2.75, 3.05) is 25.4 Å². The Morgan fingerprint density at radius 2 is 1.95 bits per heavy atom. The van der Waals surface area contributed by atoms with E-state index in [1.807, 2.05) is 0 Å². The molecule has 1 rings (SSSR count). The molecule has 5 heteroatoms. The van der Waals surface area contributed by atoms with Crippen LogP contribution >= 0.6 is 0 Å². The Balaban J connectivity index is 2.35. The fourth-order valence-corrected chi connectivity index (χ4v) is 4.32. The highest BCUT2D eigenvalue weighted by molar-refractivity contribution is 7.89. The van der Waals surface area contributed by atoms with E-state index in [1.165, 1.54) is 0 Å². The largest absolute Gasteiger partial charge is 0.315 e. The number of rotatable bonds is 7. The molecule has 0 aliphatic carbocycles. The second-order valence-electron chi connectivity index (χ2n) is 6.73. The van der Waals surface area contributed by atoms with Crippen LogP contribution in [0.3, 0.4) is 0 Å². The molecule has 19 heavy (non-hydrogen) atoms. The molecule has 0 unspecified atom stereocenters. The Morgan fingerprint density at radius 1 is 1.26 bits per heavy atom. The van der Waals surface area contributed by atoms with E-state index in [4.69, 9.17) is 0 Å². The number of hydrogen-bond donors (Lipinski definition) is 1. The van der Waals surface area contributed by atoms with Crippen LogP contribution in [0.1, 0.15) is 53.4 Å². The summed E-state index contributed by atoms with van der Waals surface area (Å²) in [6.07, 6.45) is 3.78. The van der Waals surface area contributed by atoms with Crippen molar-refractivity contribution in [1.29, 1.82) is 0 Å². The first-order valence-electron chi connectivity index (χ1n) is 7.44. The fraction of sp³-hybridized carbons (Fsp3) is 1.00. The summed E-state index contributed by atoms with van der Waals surface area (Å²) in [4.78, 5) is 0. The molecule has 1 fully saturated rings. The molecule has 0 aromatic carbocycles. The molecule has 0 aromatic heterocycles. The van der Waals surface area contributed by atoms with Crippen LogP contribution in [-0.4, -0.2) is 44.2 Å². The van der Waals surface area contributed by atoms with Crippen molar-refractivity contribution in [3.8, 4) is 0 Å². The maximum atomic E-state index is 12.3. The van der Waals surface area contributed by atoms with Gasteiger partial charge in [0.1, 0.15) is 0 Å². The van der Waals surface area contributed by atoms with E-state index >= 15 is 0 Å². The molecule has 0 radical (unpaired) electrons. The topological polar surface area (TPSA) is 49.4 Å². The molecule has 1 N–H and O–H groups in total. The standard InChI is InChI=1S/C14H30N2O2S/c1-13(2)15-9-5-6-11-19(17,18)16-10-7-8-14(3,4)12-16/h13,15H,5-12H2,1-4H3. The summed E-state index contributed by atoms with van der Waals surface area (Å²) in [6.45, 7) is 10.8. The van der Waals surface area contributed by atoms with E-state index in [-0.39, 0.29) is 5.41 Å². The Kier molecular flexibility index (Phi) is 6.27. The van der Waals surface area contributed by atoms with Gasteiger partial charge in [-0.15, -0.1) is 0 Å². The van der Waals surface area contributed by atoms with Crippen LogP contribution in [0.5, 0.6) is 0 Å². The van der Waals surface area contributed by atoms with Gasteiger partial charge in [-0.25, -0.2) is 12.7 Å². The lowest BCUT2D eigenvalue weighted by atomic mass is 9.85. The Labute approximate surface area is 119 Å². The second kappa shape index (κ2) is 7.04. The highest BCUT2D eigenvalue weighted by Crippen LogP contribution is 2.30. The summed E-state index contributed by atoms with van der Waals surface area (Å²) in [6, 6.07) is 0.472. The average molecular weight is 290 g/mol. The summed E-state index contributed by atoms with van der Waals surface area (Å²) >= 11 is 0. The number of nitrogens with zero attached hydrogens (tertiary/aromatic N) is 1. The van der Waals surface area contributed by atoms with Crippen molar-refractivity contribution in [3.05, 3.63) is 0 Å². The number of sulfonamides is 1. The number of nitrogens with one attached hydrogen (secondary N) is 1. The zero-order valence-electron chi connectivity index (χ0n) is 12.9. The van der Waals surface area contributed by atoms with Crippen molar-refractivity contribution in [1.82, 2.24) is 9.62 Å². The number of hydrogen-bond acceptors (Lipinski definition) is 3. The van der Waals surface area contributed by atoms with Crippen molar-refractivity contribution < 1.29 is 8.42 Å². The minimum Gasteiger partial charge on any atom is -0.315 e. The maximum Gasteiger partial charge on any atom is 0.214 e. The third kappa shape index (κ3) is 6.23. The van der Waals surface area contributed by atoms with Gasteiger partial charge < -0.3 is 5.32 Å². The second-order valence-corrected chi connectivity index (χ2v) is 8.82. The van der Waals surface area contributed by atoms with Gasteiger partial charge >= 0.3 is 0 Å². The molecule has 0 atom stereocenters. The van der Waals surface area contributed by atoms with Crippen LogP contribution in [0.2, 0.25) is 0 Å². The predicted octanol–water partition coefficient (Wildman–Crippen LogP) is 2.22. The smallest absolute Gasteiger partial charge is 0.214 e. The van der Waals surface area contributed by atoms with Crippen molar-refractivity contribution in [2.24, 2.45) is 5.41 Å². The van der Waals surface area contributed by atoms with Gasteiger partial charge in [0.2, 0.25) is 10.0 Å². The highest BCUT2D eigenvalue weighted by atomic mass is 32.2. The third-order valence-electron chi connectivity index (χ3n) is 3.64. The van der Waals surface area contributed by atoms with Crippen LogP contribution in [-0.2, 0) is 10.0 Å². The van der Waals surface area contributed by atoms with Crippen LogP contribution in [0.4, 0.5) is 0 Å². The Hall–Kier alpha value is -0.130. The lowest BCUT2D eigenvalue weighted by Gasteiger charge is -2.37. The first kappa shape index (κ1) is 16.9. The first-order valence-corrected chi connectivity index (χ1v) is 9.05. The van der Waals surface area contributed by atoms with E-state index < -0.39 is 10.0 Å². The molecule has 114 valence electrons. The van der Waals surface area contributed by atoms with Crippen molar-refractivity contribution in [3.63, 3.8) is 0 Å². The molecular weight excluding hydrogens is 260 g/mol. The number of unbranched alkanes of at least 4 members (excludes halogenated alkanes) is 1. The van der Waals surface area contributed by atoms with Gasteiger partial charge in [0, 0.05) is 19.1 Å². The molecule has 1 heterocycles. The molecule has 4 nitrogen and oxygen atoms in total. The maximum absolute atomic E-state index is 12.3. The predicted molar refractivity (Wildman–Crippen MR) is 80.7 cm³/mol. The molecule has 1 aliphatic heterocycles. The first-order chi connectivity index (χ1) is 8.73. The lowest BCUT2D eigenvalue weighted by molar-refractivity contribution is 0.187. The van der Waals surface area contributed by atoms with E-state index in [9.17, 15) is 8.42 Å². The van der Waals surface area contributed by atoms with E-state index in [1.54, 1.807) is 4.31 Å². The minimum absolute atomic E-state index is 0.129. The van der Waals surface area contributed by atoms with E-state index in [0.29, 0.717) is 24.9 Å². The Morgan fingerprint density at radius 3 is 2.53 bits per heavy atom. The summed E-state index contributed by atoms with van der Waals surface area (Å²) in [5, 5.41) is 3.32. The van der Waals surface area contributed by atoms with E-state index in [2.05, 4.69) is 33.0 Å². The summed E-state index contributed by atoms with van der Waals surface area (Å²) in [7, 11) is -3.05. The third-order valence-corrected chi connectivity index (χ3v) is 5.54. The summed E-state index contributed by atoms with van der Waals surface area (Å²) in [5.74, 6) is 0.294. The summed E-state index contributed by atoms with van der Waals surface area (Å²) < 4.78 is 26.3. The Bertz CT molecular complexity index is 364. The van der Waals surface area contributed by atoms with Gasteiger partial charge in [-0.3, -0.25) is 0 Å². The average Bonchev–Trinajstić information content (AvgIpc) is 2.26. The van der Waals surface area contributed by atoms with E-state index in [0.717, 1.165) is 32.2 Å². The lowest BCUT2D eigenvalue weighted by Crippen LogP contribution is -2.44. The molecule has 0 spiro atoms. The van der Waals surface area contributed by atoms with Crippen LogP contribution in [0.25, 0.3) is 0 Å². The van der Waals surface area contributed by atoms with Crippen molar-refractivity contribution in [2.45, 2.75) is 59.4 Å². The monoisotopic (exact) mass is 290 g/mol. The van der Waals surface area contributed by atoms with Gasteiger partial charge in [-0.1, -0.05) is 27.7 Å². The number of piperidine rings is 1. The molecule has 1 aliphatic rings. The summed E-state index contributed by atoms with van der Waals surface area (Å²) in [5.41, 5.74) is 0.129. The normalized spacial score (nSPS) is 20.9. The van der Waals surface area contributed by atoms with Gasteiger partial charge in [0.05, 0.1) is 5.75 Å². The molecular formula is C14H30N2O2S. The minimum atomic E-state index is -3.05. The van der Waals surface area contributed by atoms with Gasteiger partial charge in [-0.05, 0) is 37.6 Å². The van der Waals surface area contributed by atoms with Crippen LogP contribution in [0, 0.1) is 5.41 Å². The zero-order valence-corrected chi connectivity index (χ0v) is 13.7. The molecule has 0 saturated carbocycles. The fourth-order valence-electron chi connectivity index (χ4n) is 2.54. The highest BCUT2D eigenvalue weighted by Gasteiger charge is 2.32. The van der Waals surface area contributed by atoms with Crippen LogP contribution in [0.15, 0.2) is 0 Å². The SMILES string of the molecule is CC(C)NCCCCS(=O)(=O)N1CCCC(C)(C)C1. The van der Waals surface area contributed by atoms with Gasteiger partial charge in [-0.2, -0.15) is 0 Å². The molecule has 0 amide bonds. The molecule has 0 bridgehead atoms. The zero-order chi connectivity index (χ0) is 14.5. The quantitative estimate of drug-likeness (QED) is 0.731. The van der Waals surface area contributed by atoms with Gasteiger partial charge in [0.25, 0.3) is 0 Å².